The molecule has 2 N–H and O–H groups in total. The fourth-order valence-corrected chi connectivity index (χ4v) is 4.58. The lowest BCUT2D eigenvalue weighted by atomic mass is 10.1. The summed E-state index contributed by atoms with van der Waals surface area (Å²) in [5.74, 6) is 0. The summed E-state index contributed by atoms with van der Waals surface area (Å²) in [5, 5.41) is 12.8. The Morgan fingerprint density at radius 3 is 2.43 bits per heavy atom. The van der Waals surface area contributed by atoms with Crippen LogP contribution >= 0.6 is 7.75 Å². The quantitative estimate of drug-likeness (QED) is 0.495. The minimum atomic E-state index is -4.36. The van der Waals surface area contributed by atoms with Crippen molar-refractivity contribution in [3.63, 3.8) is 0 Å². The maximum Gasteiger partial charge on any atom is 0.204 e. The van der Waals surface area contributed by atoms with Crippen LogP contribution in [0.4, 0.5) is 0 Å². The summed E-state index contributed by atoms with van der Waals surface area (Å²) < 4.78 is 40.3. The molecule has 9 nitrogen and oxygen atoms in total. The maximum atomic E-state index is 12.5. The zero-order valence-electron chi connectivity index (χ0n) is 17.6. The van der Waals surface area contributed by atoms with E-state index in [1.165, 1.54) is 0 Å². The number of aliphatic hydroxyl groups excluding tert-OH is 1. The van der Waals surface area contributed by atoms with Crippen molar-refractivity contribution < 1.29 is 38.0 Å². The number of ether oxygens (including phenoxy) is 4. The van der Waals surface area contributed by atoms with Crippen LogP contribution in [0.3, 0.4) is 0 Å². The zero-order chi connectivity index (χ0) is 21.1. The van der Waals surface area contributed by atoms with Gasteiger partial charge >= 0.3 is 0 Å². The predicted octanol–water partition coefficient (Wildman–Crippen LogP) is 0.974. The molecule has 2 rings (SSSR count). The summed E-state index contributed by atoms with van der Waals surface area (Å²) in [6, 6.07) is -0.422. The first-order valence-corrected chi connectivity index (χ1v) is 11.5. The topological polar surface area (TPSA) is 119 Å². The van der Waals surface area contributed by atoms with Crippen LogP contribution in [-0.4, -0.2) is 73.2 Å². The van der Waals surface area contributed by atoms with E-state index in [1.807, 2.05) is 34.6 Å². The van der Waals surface area contributed by atoms with Crippen LogP contribution in [0.25, 0.3) is 0 Å². The molecule has 0 radical (unpaired) electrons. The molecule has 2 heterocycles. The molecule has 0 aromatic heterocycles. The third-order valence-electron chi connectivity index (χ3n) is 4.77. The zero-order valence-corrected chi connectivity index (χ0v) is 18.5. The van der Waals surface area contributed by atoms with Crippen LogP contribution in [0, 0.1) is 0 Å². The van der Waals surface area contributed by atoms with E-state index >= 15 is 0 Å². The van der Waals surface area contributed by atoms with Gasteiger partial charge in [-0.15, -0.1) is 0 Å². The second-order valence-corrected chi connectivity index (χ2v) is 9.66. The largest absolute Gasteiger partial charge is 0.766 e. The number of hydrogen-bond acceptors (Lipinski definition) is 8. The Balaban J connectivity index is 1.90. The number of nitrogens with one attached hydrogen (secondary N) is 1. The van der Waals surface area contributed by atoms with Gasteiger partial charge in [0.05, 0.1) is 43.7 Å². The van der Waals surface area contributed by atoms with Gasteiger partial charge in [-0.05, 0) is 48.0 Å². The highest BCUT2D eigenvalue weighted by Crippen LogP contribution is 2.37. The smallest absolute Gasteiger partial charge is 0.204 e. The summed E-state index contributed by atoms with van der Waals surface area (Å²) in [4.78, 5) is 12.5. The van der Waals surface area contributed by atoms with Gasteiger partial charge in [0.25, 0.3) is 0 Å². The summed E-state index contributed by atoms with van der Waals surface area (Å²) in [5.41, 5.74) is 0. The van der Waals surface area contributed by atoms with Crippen molar-refractivity contribution >= 4 is 7.75 Å². The normalized spacial score (nSPS) is 38.4. The summed E-state index contributed by atoms with van der Waals surface area (Å²) in [6.07, 6.45) is -2.62. The van der Waals surface area contributed by atoms with Gasteiger partial charge in [0.1, 0.15) is 18.3 Å². The Bertz CT molecular complexity index is 534. The third kappa shape index (κ3) is 7.00. The van der Waals surface area contributed by atoms with Crippen molar-refractivity contribution in [3.8, 4) is 0 Å². The first kappa shape index (κ1) is 24.2. The molecule has 0 aromatic carbocycles. The van der Waals surface area contributed by atoms with Gasteiger partial charge in [0.2, 0.25) is 7.75 Å². The van der Waals surface area contributed by atoms with E-state index in [0.717, 1.165) is 0 Å². The van der Waals surface area contributed by atoms with Crippen molar-refractivity contribution in [2.45, 2.75) is 103 Å². The average molecular weight is 424 g/mol. The first-order chi connectivity index (χ1) is 13.0. The molecule has 28 heavy (non-hydrogen) atoms. The highest BCUT2D eigenvalue weighted by Gasteiger charge is 2.43. The predicted molar refractivity (Wildman–Crippen MR) is 101 cm³/mol. The van der Waals surface area contributed by atoms with Crippen LogP contribution in [-0.2, 0) is 28.0 Å². The molecule has 10 heteroatoms. The molecule has 0 bridgehead atoms. The Morgan fingerprint density at radius 1 is 1.14 bits per heavy atom. The molecule has 8 unspecified atom stereocenters. The molecule has 0 spiro atoms. The van der Waals surface area contributed by atoms with Crippen molar-refractivity contribution in [1.82, 2.24) is 5.09 Å². The standard InChI is InChI=1S/C18H36NO8P/c1-10(2)23-8-15-14(7-12(5)26-15)19-28(21,22)24-9-16-18(25-11(3)4)17(20)13(6)27-16/h10-18,20H,7-9H2,1-6H3,(H2,19,21,22)/p-1. The molecule has 166 valence electrons. The van der Waals surface area contributed by atoms with Gasteiger partial charge in [-0.3, -0.25) is 9.65 Å². The maximum absolute atomic E-state index is 12.5. The molecular weight excluding hydrogens is 389 g/mol. The van der Waals surface area contributed by atoms with Gasteiger partial charge in [0.15, 0.2) is 0 Å². The molecule has 0 amide bonds. The van der Waals surface area contributed by atoms with Crippen molar-refractivity contribution in [2.75, 3.05) is 13.2 Å². The van der Waals surface area contributed by atoms with E-state index in [2.05, 4.69) is 5.09 Å². The SMILES string of the molecule is CC(C)OCC1OC(C)CC1NP(=O)([O-])OCC1OC(C)C(O)C1OC(C)C. The third-order valence-corrected chi connectivity index (χ3v) is 5.91. The van der Waals surface area contributed by atoms with E-state index < -0.39 is 38.2 Å². The van der Waals surface area contributed by atoms with Crippen LogP contribution < -0.4 is 9.98 Å². The van der Waals surface area contributed by atoms with Crippen LogP contribution in [0.2, 0.25) is 0 Å². The number of rotatable bonds is 10. The molecule has 0 aliphatic carbocycles. The molecule has 8 atom stereocenters. The van der Waals surface area contributed by atoms with Crippen LogP contribution in [0.1, 0.15) is 48.0 Å². The second-order valence-electron chi connectivity index (χ2n) is 8.15. The molecule has 2 saturated heterocycles. The van der Waals surface area contributed by atoms with E-state index in [-0.39, 0.29) is 31.0 Å². The van der Waals surface area contributed by atoms with Gasteiger partial charge in [-0.25, -0.2) is 0 Å². The van der Waals surface area contributed by atoms with Crippen molar-refractivity contribution in [1.29, 1.82) is 0 Å². The molecule has 2 aliphatic rings. The Morgan fingerprint density at radius 2 is 1.82 bits per heavy atom. The minimum Gasteiger partial charge on any atom is -0.766 e. The molecule has 0 saturated carbocycles. The van der Waals surface area contributed by atoms with Crippen molar-refractivity contribution in [3.05, 3.63) is 0 Å². The average Bonchev–Trinajstić information content (AvgIpc) is 3.04. The summed E-state index contributed by atoms with van der Waals surface area (Å²) >= 11 is 0. The molecule has 2 fully saturated rings. The van der Waals surface area contributed by atoms with E-state index in [9.17, 15) is 14.6 Å². The van der Waals surface area contributed by atoms with Crippen LogP contribution in [0.5, 0.6) is 0 Å². The molecule has 2 aliphatic heterocycles. The lowest BCUT2D eigenvalue weighted by Gasteiger charge is -2.31. The summed E-state index contributed by atoms with van der Waals surface area (Å²) in [6.45, 7) is 11.2. The lowest BCUT2D eigenvalue weighted by molar-refractivity contribution is -0.207. The minimum absolute atomic E-state index is 0.0290. The van der Waals surface area contributed by atoms with Gasteiger partial charge in [-0.2, -0.15) is 0 Å². The molecular formula is C18H35NO8P-. The fraction of sp³-hybridized carbons (Fsp3) is 1.00. The van der Waals surface area contributed by atoms with Crippen molar-refractivity contribution in [2.24, 2.45) is 0 Å². The highest BCUT2D eigenvalue weighted by atomic mass is 31.2. The Labute approximate surface area is 167 Å². The van der Waals surface area contributed by atoms with E-state index in [0.29, 0.717) is 13.0 Å². The Kier molecular flexibility index (Phi) is 8.88. The number of aliphatic hydroxyl groups is 1. The highest BCUT2D eigenvalue weighted by molar-refractivity contribution is 7.49. The number of hydrogen-bond donors (Lipinski definition) is 2. The first-order valence-electron chi connectivity index (χ1n) is 9.98. The molecule has 0 aromatic rings. The van der Waals surface area contributed by atoms with Gasteiger partial charge in [0, 0.05) is 6.04 Å². The summed E-state index contributed by atoms with van der Waals surface area (Å²) in [7, 11) is -4.36. The van der Waals surface area contributed by atoms with E-state index in [4.69, 9.17) is 23.5 Å². The van der Waals surface area contributed by atoms with Gasteiger partial charge in [-0.1, -0.05) is 0 Å². The lowest BCUT2D eigenvalue weighted by Crippen LogP contribution is -2.42. The fourth-order valence-electron chi connectivity index (χ4n) is 3.49. The monoisotopic (exact) mass is 424 g/mol. The van der Waals surface area contributed by atoms with Crippen LogP contribution in [0.15, 0.2) is 0 Å². The van der Waals surface area contributed by atoms with Gasteiger partial charge < -0.3 is 33.5 Å². The second kappa shape index (κ2) is 10.3. The Hall–Kier alpha value is -0.0900. The van der Waals surface area contributed by atoms with E-state index in [1.54, 1.807) is 6.92 Å².